The summed E-state index contributed by atoms with van der Waals surface area (Å²) >= 11 is 0. The van der Waals surface area contributed by atoms with Crippen LogP contribution >= 0.6 is 0 Å². The van der Waals surface area contributed by atoms with Crippen molar-refractivity contribution in [2.45, 2.75) is 53.6 Å². The van der Waals surface area contributed by atoms with E-state index in [-0.39, 0.29) is 23.5 Å². The summed E-state index contributed by atoms with van der Waals surface area (Å²) in [6, 6.07) is 7.40. The van der Waals surface area contributed by atoms with Crippen molar-refractivity contribution >= 4 is 23.2 Å². The molecule has 1 aliphatic heterocycles. The zero-order valence-electron chi connectivity index (χ0n) is 19.5. The lowest BCUT2D eigenvalue weighted by molar-refractivity contribution is -0.142. The van der Waals surface area contributed by atoms with E-state index in [0.717, 1.165) is 27.9 Å². The van der Waals surface area contributed by atoms with Gasteiger partial charge in [-0.1, -0.05) is 19.9 Å². The molecule has 2 amide bonds. The second-order valence-corrected chi connectivity index (χ2v) is 9.02. The first-order valence-electron chi connectivity index (χ1n) is 10.7. The number of rotatable bonds is 4. The average molecular weight is 424 g/mol. The maximum atomic E-state index is 13.4. The molecule has 2 aromatic carbocycles. The minimum absolute atomic E-state index is 0.0316. The smallest absolute Gasteiger partial charge is 0.247 e. The number of anilines is 2. The van der Waals surface area contributed by atoms with Crippen LogP contribution in [0.1, 0.15) is 41.7 Å². The van der Waals surface area contributed by atoms with E-state index in [2.05, 4.69) is 17.4 Å². The molecule has 0 aromatic heterocycles. The molecule has 3 rings (SSSR count). The normalized spacial score (nSPS) is 15.6. The van der Waals surface area contributed by atoms with Crippen LogP contribution < -0.4 is 10.2 Å². The zero-order valence-corrected chi connectivity index (χ0v) is 19.5. The van der Waals surface area contributed by atoms with E-state index in [4.69, 9.17) is 0 Å². The Morgan fingerprint density at radius 2 is 1.77 bits per heavy atom. The number of phenolic OH excluding ortho intramolecular Hbond substituents is 1. The van der Waals surface area contributed by atoms with Gasteiger partial charge in [0.2, 0.25) is 11.8 Å². The van der Waals surface area contributed by atoms with Crippen molar-refractivity contribution in [1.82, 2.24) is 4.90 Å². The molecule has 1 atom stereocenters. The Morgan fingerprint density at radius 3 is 2.39 bits per heavy atom. The Kier molecular flexibility index (Phi) is 6.30. The Labute approximate surface area is 184 Å². The van der Waals surface area contributed by atoms with Crippen molar-refractivity contribution in [3.05, 3.63) is 52.1 Å². The van der Waals surface area contributed by atoms with Crippen molar-refractivity contribution in [1.29, 1.82) is 0 Å². The minimum atomic E-state index is -0.582. The highest BCUT2D eigenvalue weighted by Gasteiger charge is 2.36. The van der Waals surface area contributed by atoms with Gasteiger partial charge in [0, 0.05) is 44.4 Å². The van der Waals surface area contributed by atoms with Gasteiger partial charge in [0.25, 0.3) is 0 Å². The van der Waals surface area contributed by atoms with Crippen LogP contribution in [0.2, 0.25) is 0 Å². The number of fused-ring (bicyclic) bond motifs is 1. The molecule has 0 saturated heterocycles. The predicted octanol–water partition coefficient (Wildman–Crippen LogP) is 3.93. The first kappa shape index (κ1) is 22.7. The highest BCUT2D eigenvalue weighted by Crippen LogP contribution is 2.32. The van der Waals surface area contributed by atoms with Gasteiger partial charge in [-0.3, -0.25) is 9.59 Å². The van der Waals surface area contributed by atoms with Crippen LogP contribution in [0.5, 0.6) is 5.75 Å². The number of aryl methyl sites for hydroxylation is 1. The van der Waals surface area contributed by atoms with Gasteiger partial charge in [-0.2, -0.15) is 0 Å². The van der Waals surface area contributed by atoms with E-state index in [9.17, 15) is 14.7 Å². The van der Waals surface area contributed by atoms with E-state index < -0.39 is 6.04 Å². The van der Waals surface area contributed by atoms with Gasteiger partial charge >= 0.3 is 0 Å². The van der Waals surface area contributed by atoms with Crippen molar-refractivity contribution in [2.75, 3.05) is 24.3 Å². The molecule has 166 valence electrons. The molecule has 0 aliphatic carbocycles. The number of hydrogen-bond acceptors (Lipinski definition) is 4. The highest BCUT2D eigenvalue weighted by atomic mass is 16.3. The van der Waals surface area contributed by atoms with E-state index in [0.29, 0.717) is 24.2 Å². The van der Waals surface area contributed by atoms with Crippen LogP contribution in [0.4, 0.5) is 11.4 Å². The van der Waals surface area contributed by atoms with Crippen molar-refractivity contribution in [3.63, 3.8) is 0 Å². The molecule has 31 heavy (non-hydrogen) atoms. The van der Waals surface area contributed by atoms with Crippen LogP contribution in [0.3, 0.4) is 0 Å². The third-order valence-corrected chi connectivity index (χ3v) is 6.23. The van der Waals surface area contributed by atoms with E-state index >= 15 is 0 Å². The molecule has 0 fully saturated rings. The number of carbonyl (C=O) groups is 2. The lowest BCUT2D eigenvalue weighted by atomic mass is 9.91. The summed E-state index contributed by atoms with van der Waals surface area (Å²) in [4.78, 5) is 30.1. The number of nitrogens with one attached hydrogen (secondary N) is 1. The predicted molar refractivity (Wildman–Crippen MR) is 125 cm³/mol. The summed E-state index contributed by atoms with van der Waals surface area (Å²) in [5.74, 6) is -0.191. The molecule has 1 heterocycles. The van der Waals surface area contributed by atoms with Gasteiger partial charge in [0.1, 0.15) is 11.8 Å². The average Bonchev–Trinajstić information content (AvgIpc) is 2.73. The van der Waals surface area contributed by atoms with Crippen LogP contribution in [0.25, 0.3) is 0 Å². The quantitative estimate of drug-likeness (QED) is 0.731. The Balaban J connectivity index is 1.95. The van der Waals surface area contributed by atoms with E-state index in [1.54, 1.807) is 11.0 Å². The summed E-state index contributed by atoms with van der Waals surface area (Å²) < 4.78 is 0. The highest BCUT2D eigenvalue weighted by molar-refractivity contribution is 5.98. The van der Waals surface area contributed by atoms with Crippen molar-refractivity contribution in [2.24, 2.45) is 5.92 Å². The number of phenols is 1. The fourth-order valence-electron chi connectivity index (χ4n) is 4.06. The topological polar surface area (TPSA) is 72.9 Å². The summed E-state index contributed by atoms with van der Waals surface area (Å²) in [6.07, 6.45) is 0.475. The van der Waals surface area contributed by atoms with Crippen molar-refractivity contribution in [3.8, 4) is 5.75 Å². The fourth-order valence-corrected chi connectivity index (χ4v) is 4.06. The third-order valence-electron chi connectivity index (χ3n) is 6.23. The molecule has 2 N–H and O–H groups in total. The molecule has 0 saturated carbocycles. The number of nitrogens with zero attached hydrogens (tertiary/aromatic N) is 2. The maximum Gasteiger partial charge on any atom is 0.247 e. The minimum Gasteiger partial charge on any atom is -0.507 e. The second kappa shape index (κ2) is 8.61. The zero-order chi connectivity index (χ0) is 23.0. The number of benzene rings is 2. The van der Waals surface area contributed by atoms with Crippen LogP contribution in [-0.4, -0.2) is 42.0 Å². The molecule has 6 heteroatoms. The summed E-state index contributed by atoms with van der Waals surface area (Å²) in [7, 11) is 3.98. The molecule has 2 aromatic rings. The van der Waals surface area contributed by atoms with Crippen LogP contribution in [0, 0.1) is 26.7 Å². The number of carbonyl (C=O) groups excluding carboxylic acids is 2. The molecular formula is C25H33N3O3. The van der Waals surface area contributed by atoms with Gasteiger partial charge in [-0.25, -0.2) is 0 Å². The maximum absolute atomic E-state index is 13.4. The molecule has 0 spiro atoms. The van der Waals surface area contributed by atoms with Gasteiger partial charge in [-0.15, -0.1) is 0 Å². The van der Waals surface area contributed by atoms with Crippen LogP contribution in [-0.2, 0) is 22.6 Å². The Bertz CT molecular complexity index is 1030. The lowest BCUT2D eigenvalue weighted by Gasteiger charge is -2.37. The lowest BCUT2D eigenvalue weighted by Crippen LogP contribution is -2.51. The first-order valence-corrected chi connectivity index (χ1v) is 10.7. The molecule has 0 radical (unpaired) electrons. The molecule has 1 aliphatic rings. The van der Waals surface area contributed by atoms with Crippen LogP contribution in [0.15, 0.2) is 24.3 Å². The summed E-state index contributed by atoms with van der Waals surface area (Å²) in [5, 5.41) is 13.2. The molecule has 0 bridgehead atoms. The number of aromatic hydroxyl groups is 1. The van der Waals surface area contributed by atoms with Gasteiger partial charge in [0.05, 0.1) is 0 Å². The first-order chi connectivity index (χ1) is 14.5. The van der Waals surface area contributed by atoms with E-state index in [1.807, 2.05) is 59.7 Å². The summed E-state index contributed by atoms with van der Waals surface area (Å²) in [5.41, 5.74) is 6.19. The molecule has 1 unspecified atom stereocenters. The molecule has 6 nitrogen and oxygen atoms in total. The Hall–Kier alpha value is -3.02. The Morgan fingerprint density at radius 1 is 1.10 bits per heavy atom. The largest absolute Gasteiger partial charge is 0.507 e. The molecular weight excluding hydrogens is 390 g/mol. The van der Waals surface area contributed by atoms with Gasteiger partial charge in [-0.05, 0) is 66.8 Å². The van der Waals surface area contributed by atoms with Crippen molar-refractivity contribution < 1.29 is 14.7 Å². The third kappa shape index (κ3) is 4.38. The fraction of sp³-hybridized carbons (Fsp3) is 0.440. The van der Waals surface area contributed by atoms with E-state index in [1.165, 1.54) is 0 Å². The SMILES string of the molecule is Cc1cc(NC(=O)C2Cc3ccc(N(C)C)cc3CN2C(=O)C(C)C)c(C)c(C)c1O. The monoisotopic (exact) mass is 423 g/mol. The summed E-state index contributed by atoms with van der Waals surface area (Å²) in [6.45, 7) is 9.66. The van der Waals surface area contributed by atoms with Gasteiger partial charge < -0.3 is 20.2 Å². The number of amides is 2. The number of hydrogen-bond donors (Lipinski definition) is 2. The van der Waals surface area contributed by atoms with Gasteiger partial charge in [0.15, 0.2) is 0 Å². The second-order valence-electron chi connectivity index (χ2n) is 9.02. The standard InChI is InChI=1S/C25H33N3O3/c1-14(2)25(31)28-13-19-11-20(27(6)7)9-8-18(19)12-22(28)24(30)26-21-10-15(3)23(29)17(5)16(21)4/h8-11,14,22,29H,12-13H2,1-7H3,(H,26,30).